The molecule has 0 bridgehead atoms. The van der Waals surface area contributed by atoms with Crippen LogP contribution in [0.4, 0.5) is 14.9 Å². The molecule has 1 aliphatic rings. The van der Waals surface area contributed by atoms with E-state index in [1.165, 1.54) is 31.4 Å². The standard InChI is InChI=1S/C26H28FN5O4/c1-17(25(34)36-3)28-26(35)31-14-13-23-21(15-31)22(29-30(23)2)16-32(20-7-5-4-6-8-20)24(33)18-9-11-19(27)12-10-18/h4-12,17H,13-16H2,1-3H3,(H,28,35)/t17-/m1/s1. The number of amides is 3. The van der Waals surface area contributed by atoms with Crippen molar-refractivity contribution in [2.75, 3.05) is 18.6 Å². The number of ether oxygens (including phenoxy) is 1. The molecule has 1 N–H and O–H groups in total. The number of aryl methyl sites for hydroxylation is 1. The molecule has 188 valence electrons. The third-order valence-corrected chi connectivity index (χ3v) is 6.22. The van der Waals surface area contributed by atoms with Gasteiger partial charge in [-0.15, -0.1) is 0 Å². The van der Waals surface area contributed by atoms with Crippen LogP contribution in [-0.2, 0) is 36.1 Å². The van der Waals surface area contributed by atoms with Crippen molar-refractivity contribution in [1.82, 2.24) is 20.0 Å². The zero-order valence-electron chi connectivity index (χ0n) is 20.4. The fraction of sp³-hybridized carbons (Fsp3) is 0.308. The lowest BCUT2D eigenvalue weighted by atomic mass is 10.0. The van der Waals surface area contributed by atoms with Crippen molar-refractivity contribution in [3.05, 3.63) is 82.9 Å². The Kier molecular flexibility index (Phi) is 7.33. The Morgan fingerprint density at radius 1 is 1.14 bits per heavy atom. The molecule has 2 aromatic carbocycles. The van der Waals surface area contributed by atoms with Crippen molar-refractivity contribution in [1.29, 1.82) is 0 Å². The zero-order valence-corrected chi connectivity index (χ0v) is 20.4. The van der Waals surface area contributed by atoms with Crippen molar-refractivity contribution in [2.24, 2.45) is 7.05 Å². The number of hydrogen-bond acceptors (Lipinski definition) is 5. The van der Waals surface area contributed by atoms with E-state index < -0.39 is 17.8 Å². The van der Waals surface area contributed by atoms with Crippen LogP contribution in [0.3, 0.4) is 0 Å². The van der Waals surface area contributed by atoms with E-state index in [0.29, 0.717) is 29.9 Å². The summed E-state index contributed by atoms with van der Waals surface area (Å²) in [5.41, 5.74) is 3.52. The quantitative estimate of drug-likeness (QED) is 0.533. The number of para-hydroxylation sites is 1. The Hall–Kier alpha value is -4.21. The highest BCUT2D eigenvalue weighted by Crippen LogP contribution is 2.26. The van der Waals surface area contributed by atoms with E-state index in [1.54, 1.807) is 21.4 Å². The van der Waals surface area contributed by atoms with Gasteiger partial charge in [0.15, 0.2) is 0 Å². The number of nitrogens with zero attached hydrogens (tertiary/aromatic N) is 4. The number of carbonyl (C=O) groups is 3. The average Bonchev–Trinajstić information content (AvgIpc) is 3.21. The number of esters is 1. The maximum atomic E-state index is 13.5. The lowest BCUT2D eigenvalue weighted by Gasteiger charge is -2.29. The highest BCUT2D eigenvalue weighted by atomic mass is 19.1. The molecule has 9 nitrogen and oxygen atoms in total. The smallest absolute Gasteiger partial charge is 0.328 e. The molecule has 0 radical (unpaired) electrons. The van der Waals surface area contributed by atoms with Gasteiger partial charge >= 0.3 is 12.0 Å². The molecule has 0 fully saturated rings. The molecule has 0 saturated heterocycles. The fourth-order valence-corrected chi connectivity index (χ4v) is 4.27. The summed E-state index contributed by atoms with van der Waals surface area (Å²) in [4.78, 5) is 41.2. The van der Waals surface area contributed by atoms with Crippen LogP contribution in [-0.4, -0.2) is 52.3 Å². The number of urea groups is 1. The zero-order chi connectivity index (χ0) is 25.8. The van der Waals surface area contributed by atoms with Crippen molar-refractivity contribution >= 4 is 23.6 Å². The molecule has 0 spiro atoms. The molecule has 3 aromatic rings. The van der Waals surface area contributed by atoms with Crippen LogP contribution in [0.1, 0.15) is 34.2 Å². The minimum Gasteiger partial charge on any atom is -0.467 e. The predicted molar refractivity (Wildman–Crippen MR) is 131 cm³/mol. The number of methoxy groups -OCH3 is 1. The van der Waals surface area contributed by atoms with Gasteiger partial charge in [0, 0.05) is 42.5 Å². The first kappa shape index (κ1) is 24.9. The summed E-state index contributed by atoms with van der Waals surface area (Å²) in [7, 11) is 3.11. The van der Waals surface area contributed by atoms with Gasteiger partial charge in [0.2, 0.25) is 0 Å². The molecule has 0 saturated carbocycles. The number of benzene rings is 2. The number of nitrogens with one attached hydrogen (secondary N) is 1. The summed E-state index contributed by atoms with van der Waals surface area (Å²) >= 11 is 0. The summed E-state index contributed by atoms with van der Waals surface area (Å²) in [5.74, 6) is -1.24. The number of anilines is 1. The van der Waals surface area contributed by atoms with Crippen LogP contribution >= 0.6 is 0 Å². The van der Waals surface area contributed by atoms with Gasteiger partial charge in [-0.1, -0.05) is 18.2 Å². The lowest BCUT2D eigenvalue weighted by Crippen LogP contribution is -2.48. The summed E-state index contributed by atoms with van der Waals surface area (Å²) in [6.07, 6.45) is 0.579. The van der Waals surface area contributed by atoms with Gasteiger partial charge in [0.25, 0.3) is 5.91 Å². The Labute approximate surface area is 208 Å². The Balaban J connectivity index is 1.61. The maximum Gasteiger partial charge on any atom is 0.328 e. The molecule has 0 unspecified atom stereocenters. The number of fused-ring (bicyclic) bond motifs is 1. The van der Waals surface area contributed by atoms with E-state index in [-0.39, 0.29) is 25.0 Å². The molecule has 2 heterocycles. The third kappa shape index (κ3) is 5.22. The highest BCUT2D eigenvalue weighted by Gasteiger charge is 2.30. The van der Waals surface area contributed by atoms with Crippen molar-refractivity contribution in [3.63, 3.8) is 0 Å². The Bertz CT molecular complexity index is 1260. The molecule has 1 aromatic heterocycles. The second-order valence-electron chi connectivity index (χ2n) is 8.60. The molecule has 1 aliphatic heterocycles. The van der Waals surface area contributed by atoms with E-state index in [9.17, 15) is 18.8 Å². The highest BCUT2D eigenvalue weighted by molar-refractivity contribution is 6.06. The summed E-state index contributed by atoms with van der Waals surface area (Å²) in [6, 6.07) is 13.4. The number of halogens is 1. The summed E-state index contributed by atoms with van der Waals surface area (Å²) in [5, 5.41) is 7.33. The van der Waals surface area contributed by atoms with Crippen LogP contribution in [0, 0.1) is 5.82 Å². The SMILES string of the molecule is COC(=O)[C@@H](C)NC(=O)N1CCc2c(c(CN(C(=O)c3ccc(F)cc3)c3ccccc3)nn2C)C1. The molecule has 1 atom stereocenters. The van der Waals surface area contributed by atoms with Gasteiger partial charge in [0.1, 0.15) is 11.9 Å². The average molecular weight is 494 g/mol. The molecule has 0 aliphatic carbocycles. The Morgan fingerprint density at radius 2 is 1.83 bits per heavy atom. The fourth-order valence-electron chi connectivity index (χ4n) is 4.27. The van der Waals surface area contributed by atoms with E-state index in [0.717, 1.165) is 11.3 Å². The Morgan fingerprint density at radius 3 is 2.50 bits per heavy atom. The second-order valence-corrected chi connectivity index (χ2v) is 8.60. The summed E-state index contributed by atoms with van der Waals surface area (Å²) in [6.45, 7) is 2.47. The van der Waals surface area contributed by atoms with Crippen LogP contribution in [0.5, 0.6) is 0 Å². The topological polar surface area (TPSA) is 96.8 Å². The van der Waals surface area contributed by atoms with Crippen molar-refractivity contribution in [3.8, 4) is 0 Å². The number of hydrogen-bond donors (Lipinski definition) is 1. The first-order valence-corrected chi connectivity index (χ1v) is 11.6. The number of carbonyl (C=O) groups excluding carboxylic acids is 3. The van der Waals surface area contributed by atoms with Crippen molar-refractivity contribution in [2.45, 2.75) is 32.5 Å². The minimum absolute atomic E-state index is 0.164. The van der Waals surface area contributed by atoms with E-state index in [2.05, 4.69) is 15.2 Å². The van der Waals surface area contributed by atoms with E-state index in [1.807, 2.05) is 37.4 Å². The molecule has 3 amide bonds. The van der Waals surface area contributed by atoms with E-state index >= 15 is 0 Å². The van der Waals surface area contributed by atoms with Crippen LogP contribution in [0.25, 0.3) is 0 Å². The van der Waals surface area contributed by atoms with Gasteiger partial charge in [-0.05, 0) is 43.3 Å². The largest absolute Gasteiger partial charge is 0.467 e. The summed E-state index contributed by atoms with van der Waals surface area (Å²) < 4.78 is 19.9. The molecule has 10 heteroatoms. The van der Waals surface area contributed by atoms with Crippen LogP contribution < -0.4 is 10.2 Å². The third-order valence-electron chi connectivity index (χ3n) is 6.22. The number of aromatic nitrogens is 2. The normalized spacial score (nSPS) is 13.5. The molecule has 36 heavy (non-hydrogen) atoms. The lowest BCUT2D eigenvalue weighted by molar-refractivity contribution is -0.142. The number of rotatable bonds is 6. The molecule has 4 rings (SSSR count). The van der Waals surface area contributed by atoms with Gasteiger partial charge < -0.3 is 19.9 Å². The van der Waals surface area contributed by atoms with Gasteiger partial charge in [0.05, 0.1) is 25.9 Å². The molecular formula is C26H28FN5O4. The van der Waals surface area contributed by atoms with Gasteiger partial charge in [-0.25, -0.2) is 14.0 Å². The van der Waals surface area contributed by atoms with Gasteiger partial charge in [-0.2, -0.15) is 5.10 Å². The van der Waals surface area contributed by atoms with Gasteiger partial charge in [-0.3, -0.25) is 9.48 Å². The maximum absolute atomic E-state index is 13.5. The van der Waals surface area contributed by atoms with Crippen LogP contribution in [0.15, 0.2) is 54.6 Å². The minimum atomic E-state index is -0.779. The monoisotopic (exact) mass is 493 g/mol. The molecular weight excluding hydrogens is 465 g/mol. The van der Waals surface area contributed by atoms with Crippen molar-refractivity contribution < 1.29 is 23.5 Å². The van der Waals surface area contributed by atoms with Crippen LogP contribution in [0.2, 0.25) is 0 Å². The second kappa shape index (κ2) is 10.6. The predicted octanol–water partition coefficient (Wildman–Crippen LogP) is 3.04. The first-order valence-electron chi connectivity index (χ1n) is 11.6. The first-order chi connectivity index (χ1) is 17.3. The van der Waals surface area contributed by atoms with E-state index in [4.69, 9.17) is 0 Å².